The Labute approximate surface area is 249 Å². The monoisotopic (exact) mass is 600 g/mol. The molecule has 3 aromatic carbocycles. The second-order valence-electron chi connectivity index (χ2n) is 10.2. The van der Waals surface area contributed by atoms with Crippen LogP contribution in [0.1, 0.15) is 18.4 Å². The SMILES string of the molecule is Cc1ccc2c(NS(=O)(=O)c3ccccc3Cl)cccc2c1Oc1ncccc1-c1ccnc(N2CCC[C@H](N)C2)n1. The number of piperidine rings is 1. The normalized spacial score (nSPS) is 15.5. The lowest BCUT2D eigenvalue weighted by molar-refractivity contribution is 0.466. The highest BCUT2D eigenvalue weighted by molar-refractivity contribution is 7.92. The quantitative estimate of drug-likeness (QED) is 0.227. The van der Waals surface area contributed by atoms with Gasteiger partial charge in [-0.2, -0.15) is 0 Å². The highest BCUT2D eigenvalue weighted by Gasteiger charge is 2.22. The molecule has 1 aliphatic rings. The molecule has 3 N–H and O–H groups in total. The fourth-order valence-corrected chi connectivity index (χ4v) is 6.73. The summed E-state index contributed by atoms with van der Waals surface area (Å²) in [6.07, 6.45) is 5.38. The Kier molecular flexibility index (Phi) is 7.68. The van der Waals surface area contributed by atoms with Crippen molar-refractivity contribution in [1.82, 2.24) is 15.0 Å². The molecule has 1 atom stereocenters. The summed E-state index contributed by atoms with van der Waals surface area (Å²) < 4.78 is 35.6. The summed E-state index contributed by atoms with van der Waals surface area (Å²) in [6, 6.07) is 21.1. The molecule has 1 fully saturated rings. The number of sulfonamides is 1. The predicted octanol–water partition coefficient (Wildman–Crippen LogP) is 6.17. The highest BCUT2D eigenvalue weighted by atomic mass is 35.5. The molecule has 1 aliphatic heterocycles. The van der Waals surface area contributed by atoms with E-state index < -0.39 is 10.0 Å². The van der Waals surface area contributed by atoms with Gasteiger partial charge in [0.25, 0.3) is 10.0 Å². The second-order valence-corrected chi connectivity index (χ2v) is 12.3. The summed E-state index contributed by atoms with van der Waals surface area (Å²) in [4.78, 5) is 16.0. The number of pyridine rings is 1. The van der Waals surface area contributed by atoms with Gasteiger partial charge >= 0.3 is 0 Å². The zero-order valence-electron chi connectivity index (χ0n) is 22.9. The van der Waals surface area contributed by atoms with E-state index in [1.807, 2.05) is 43.3 Å². The van der Waals surface area contributed by atoms with Crippen molar-refractivity contribution < 1.29 is 13.2 Å². The lowest BCUT2D eigenvalue weighted by atomic mass is 10.0. The molecule has 2 aromatic heterocycles. The highest BCUT2D eigenvalue weighted by Crippen LogP contribution is 2.39. The van der Waals surface area contributed by atoms with Crippen LogP contribution in [0.3, 0.4) is 0 Å². The molecule has 0 saturated carbocycles. The number of hydrogen-bond donors (Lipinski definition) is 2. The number of fused-ring (bicyclic) bond motifs is 1. The van der Waals surface area contributed by atoms with E-state index in [2.05, 4.69) is 19.6 Å². The van der Waals surface area contributed by atoms with Crippen molar-refractivity contribution in [2.45, 2.75) is 30.7 Å². The van der Waals surface area contributed by atoms with Gasteiger partial charge in [-0.1, -0.05) is 48.0 Å². The van der Waals surface area contributed by atoms with E-state index in [4.69, 9.17) is 27.1 Å². The third-order valence-corrected chi connectivity index (χ3v) is 9.07. The minimum absolute atomic E-state index is 0.00105. The number of nitrogens with two attached hydrogens (primary N) is 1. The summed E-state index contributed by atoms with van der Waals surface area (Å²) in [5.74, 6) is 1.55. The lowest BCUT2D eigenvalue weighted by Crippen LogP contribution is -2.43. The number of nitrogens with one attached hydrogen (secondary N) is 1. The zero-order valence-corrected chi connectivity index (χ0v) is 24.4. The summed E-state index contributed by atoms with van der Waals surface area (Å²) in [5.41, 5.74) is 8.83. The third-order valence-electron chi connectivity index (χ3n) is 7.21. The summed E-state index contributed by atoms with van der Waals surface area (Å²) in [5, 5.41) is 1.53. The molecule has 0 amide bonds. The average Bonchev–Trinajstić information content (AvgIpc) is 2.99. The van der Waals surface area contributed by atoms with Gasteiger partial charge in [0.05, 0.1) is 22.0 Å². The van der Waals surface area contributed by atoms with E-state index in [1.165, 1.54) is 6.07 Å². The Morgan fingerprint density at radius 2 is 1.83 bits per heavy atom. The zero-order chi connectivity index (χ0) is 29.3. The standard InChI is InChI=1S/C31H29ClN6O3S/c1-20-13-14-22-23(8-4-11-27(22)37-42(39,40)28-12-3-2-10-25(28)32)29(20)41-30-24(9-5-16-34-30)26-15-17-35-31(36-26)38-18-6-7-21(33)19-38/h2-5,8-17,21,37H,6-7,18-19,33H2,1H3/t21-/m0/s1. The van der Waals surface area contributed by atoms with Gasteiger partial charge in [-0.05, 0) is 61.7 Å². The van der Waals surface area contributed by atoms with Crippen molar-refractivity contribution in [1.29, 1.82) is 0 Å². The summed E-state index contributed by atoms with van der Waals surface area (Å²) in [7, 11) is -3.94. The van der Waals surface area contributed by atoms with E-state index in [9.17, 15) is 8.42 Å². The molecule has 5 aromatic rings. The lowest BCUT2D eigenvalue weighted by Gasteiger charge is -2.30. The Morgan fingerprint density at radius 1 is 0.976 bits per heavy atom. The van der Waals surface area contributed by atoms with E-state index in [0.29, 0.717) is 46.5 Å². The molecule has 42 heavy (non-hydrogen) atoms. The van der Waals surface area contributed by atoms with Crippen molar-refractivity contribution in [2.24, 2.45) is 5.73 Å². The van der Waals surface area contributed by atoms with Crippen LogP contribution in [0.4, 0.5) is 11.6 Å². The minimum Gasteiger partial charge on any atom is -0.437 e. The minimum atomic E-state index is -3.94. The molecule has 0 unspecified atom stereocenters. The number of aryl methyl sites for hydroxylation is 1. The Balaban J connectivity index is 1.36. The van der Waals surface area contributed by atoms with Crippen LogP contribution in [0, 0.1) is 6.92 Å². The van der Waals surface area contributed by atoms with Crippen LogP contribution < -0.4 is 20.1 Å². The van der Waals surface area contributed by atoms with E-state index in [1.54, 1.807) is 42.7 Å². The largest absolute Gasteiger partial charge is 0.437 e. The fraction of sp³-hybridized carbons (Fsp3) is 0.194. The molecule has 11 heteroatoms. The van der Waals surface area contributed by atoms with Crippen LogP contribution in [0.25, 0.3) is 22.0 Å². The van der Waals surface area contributed by atoms with Gasteiger partial charge in [-0.25, -0.2) is 23.4 Å². The predicted molar refractivity (Wildman–Crippen MR) is 166 cm³/mol. The van der Waals surface area contributed by atoms with Gasteiger partial charge in [0, 0.05) is 42.3 Å². The number of aromatic nitrogens is 3. The molecule has 6 rings (SSSR count). The summed E-state index contributed by atoms with van der Waals surface area (Å²) >= 11 is 6.19. The fourth-order valence-electron chi connectivity index (χ4n) is 5.13. The van der Waals surface area contributed by atoms with Crippen molar-refractivity contribution in [3.63, 3.8) is 0 Å². The number of ether oxygens (including phenoxy) is 1. The smallest absolute Gasteiger partial charge is 0.263 e. The second kappa shape index (κ2) is 11.6. The van der Waals surface area contributed by atoms with Crippen LogP contribution >= 0.6 is 11.6 Å². The number of benzene rings is 3. The molecule has 214 valence electrons. The van der Waals surface area contributed by atoms with Crippen molar-refractivity contribution in [2.75, 3.05) is 22.7 Å². The Morgan fingerprint density at radius 3 is 2.67 bits per heavy atom. The summed E-state index contributed by atoms with van der Waals surface area (Å²) in [6.45, 7) is 3.49. The van der Waals surface area contributed by atoms with Crippen LogP contribution in [0.2, 0.25) is 5.02 Å². The van der Waals surface area contributed by atoms with Crippen LogP contribution in [0.15, 0.2) is 90.1 Å². The van der Waals surface area contributed by atoms with Crippen molar-refractivity contribution in [3.05, 3.63) is 95.8 Å². The van der Waals surface area contributed by atoms with Crippen LogP contribution in [-0.2, 0) is 10.0 Å². The van der Waals surface area contributed by atoms with Crippen molar-refractivity contribution in [3.8, 4) is 22.9 Å². The number of rotatable bonds is 7. The van der Waals surface area contributed by atoms with Gasteiger partial charge < -0.3 is 15.4 Å². The number of anilines is 2. The van der Waals surface area contributed by atoms with Crippen LogP contribution in [-0.4, -0.2) is 42.5 Å². The number of halogens is 1. The Bertz CT molecular complexity index is 1880. The number of nitrogens with zero attached hydrogens (tertiary/aromatic N) is 4. The van der Waals surface area contributed by atoms with E-state index in [-0.39, 0.29) is 16.0 Å². The third kappa shape index (κ3) is 5.61. The first-order valence-electron chi connectivity index (χ1n) is 13.6. The van der Waals surface area contributed by atoms with Gasteiger partial charge in [-0.15, -0.1) is 0 Å². The van der Waals surface area contributed by atoms with E-state index in [0.717, 1.165) is 30.3 Å². The maximum Gasteiger partial charge on any atom is 0.263 e. The molecule has 0 aliphatic carbocycles. The van der Waals surface area contributed by atoms with E-state index >= 15 is 0 Å². The Hall–Kier alpha value is -4.25. The first-order valence-corrected chi connectivity index (χ1v) is 15.4. The van der Waals surface area contributed by atoms with Crippen molar-refractivity contribution >= 4 is 44.0 Å². The van der Waals surface area contributed by atoms with Gasteiger partial charge in [0.15, 0.2) is 0 Å². The maximum absolute atomic E-state index is 13.2. The topological polar surface area (TPSA) is 123 Å². The molecule has 1 saturated heterocycles. The molecule has 0 radical (unpaired) electrons. The molecular weight excluding hydrogens is 572 g/mol. The molecular formula is C31H29ClN6O3S. The molecule has 0 bridgehead atoms. The number of hydrogen-bond acceptors (Lipinski definition) is 8. The molecule has 0 spiro atoms. The molecule has 9 nitrogen and oxygen atoms in total. The average molecular weight is 601 g/mol. The molecule has 3 heterocycles. The van der Waals surface area contributed by atoms with Crippen LogP contribution in [0.5, 0.6) is 11.6 Å². The first-order chi connectivity index (χ1) is 20.3. The maximum atomic E-state index is 13.2. The van der Waals surface area contributed by atoms with Gasteiger partial charge in [0.1, 0.15) is 10.6 Å². The van der Waals surface area contributed by atoms with Gasteiger partial charge in [-0.3, -0.25) is 4.72 Å². The van der Waals surface area contributed by atoms with Gasteiger partial charge in [0.2, 0.25) is 11.8 Å². The first kappa shape index (κ1) is 27.9.